The number of aliphatic carboxylic acids is 1. The van der Waals surface area contributed by atoms with E-state index in [4.69, 9.17) is 5.11 Å². The molecule has 0 amide bonds. The molecule has 1 unspecified atom stereocenters. The van der Waals surface area contributed by atoms with Gasteiger partial charge in [-0.2, -0.15) is 4.31 Å². The maximum absolute atomic E-state index is 12.5. The van der Waals surface area contributed by atoms with Gasteiger partial charge in [0, 0.05) is 31.6 Å². The summed E-state index contributed by atoms with van der Waals surface area (Å²) < 4.78 is 26.3. The Hall–Kier alpha value is -1.73. The molecule has 0 aliphatic heterocycles. The Bertz CT molecular complexity index is 626. The molecule has 0 spiro atoms. The molecule has 1 aromatic rings. The van der Waals surface area contributed by atoms with Gasteiger partial charge in [0.25, 0.3) is 0 Å². The van der Waals surface area contributed by atoms with E-state index in [0.29, 0.717) is 5.56 Å². The Labute approximate surface area is 125 Å². The van der Waals surface area contributed by atoms with Gasteiger partial charge in [-0.1, -0.05) is 13.3 Å². The largest absolute Gasteiger partial charge is 0.478 e. The summed E-state index contributed by atoms with van der Waals surface area (Å²) in [5.74, 6) is -1.10. The first kappa shape index (κ1) is 17.3. The molecule has 116 valence electrons. The smallest absolute Gasteiger partial charge is 0.328 e. The molecule has 6 nitrogen and oxygen atoms in total. The van der Waals surface area contributed by atoms with Crippen molar-refractivity contribution in [3.05, 3.63) is 30.1 Å². The lowest BCUT2D eigenvalue weighted by Gasteiger charge is -2.23. The first-order valence-corrected chi connectivity index (χ1v) is 8.07. The number of sulfonamides is 1. The number of carboxylic acid groups (broad SMARTS) is 1. The molecule has 0 radical (unpaired) electrons. The van der Waals surface area contributed by atoms with Crippen molar-refractivity contribution in [3.63, 3.8) is 0 Å². The number of aromatic nitrogens is 1. The number of carboxylic acids is 1. The van der Waals surface area contributed by atoms with Crippen molar-refractivity contribution >= 4 is 22.1 Å². The van der Waals surface area contributed by atoms with Crippen LogP contribution in [0.3, 0.4) is 0 Å². The van der Waals surface area contributed by atoms with E-state index in [1.165, 1.54) is 35.9 Å². The van der Waals surface area contributed by atoms with Crippen molar-refractivity contribution in [2.75, 3.05) is 7.05 Å². The minimum absolute atomic E-state index is 0.0560. The molecule has 0 aliphatic rings. The second-order valence-corrected chi connectivity index (χ2v) is 6.78. The second-order valence-electron chi connectivity index (χ2n) is 4.78. The van der Waals surface area contributed by atoms with E-state index in [2.05, 4.69) is 4.98 Å². The predicted octanol–water partition coefficient (Wildman–Crippen LogP) is 1.99. The summed E-state index contributed by atoms with van der Waals surface area (Å²) in [6.45, 7) is 3.85. The van der Waals surface area contributed by atoms with Crippen LogP contribution in [0.15, 0.2) is 29.4 Å². The van der Waals surface area contributed by atoms with Crippen LogP contribution < -0.4 is 0 Å². The van der Waals surface area contributed by atoms with E-state index >= 15 is 0 Å². The van der Waals surface area contributed by atoms with E-state index < -0.39 is 16.0 Å². The third-order valence-electron chi connectivity index (χ3n) is 3.16. The fourth-order valence-electron chi connectivity index (χ4n) is 1.84. The molecule has 0 aliphatic carbocycles. The summed E-state index contributed by atoms with van der Waals surface area (Å²) >= 11 is 0. The highest BCUT2D eigenvalue weighted by molar-refractivity contribution is 7.89. The van der Waals surface area contributed by atoms with Gasteiger partial charge in [-0.05, 0) is 31.1 Å². The third kappa shape index (κ3) is 4.64. The van der Waals surface area contributed by atoms with Gasteiger partial charge >= 0.3 is 5.97 Å². The molecule has 1 N–H and O–H groups in total. The normalized spacial score (nSPS) is 13.7. The Morgan fingerprint density at radius 2 is 2.14 bits per heavy atom. The number of carbonyl (C=O) groups is 1. The van der Waals surface area contributed by atoms with Crippen LogP contribution in [0.1, 0.15) is 32.3 Å². The zero-order valence-electron chi connectivity index (χ0n) is 12.4. The van der Waals surface area contributed by atoms with Crippen LogP contribution in [0.2, 0.25) is 0 Å². The molecule has 0 saturated heterocycles. The lowest BCUT2D eigenvalue weighted by Crippen LogP contribution is -2.35. The van der Waals surface area contributed by atoms with Crippen LogP contribution in [0, 0.1) is 0 Å². The summed E-state index contributed by atoms with van der Waals surface area (Å²) in [5, 5.41) is 8.59. The molecular weight excluding hydrogens is 292 g/mol. The van der Waals surface area contributed by atoms with Crippen LogP contribution >= 0.6 is 0 Å². The average Bonchev–Trinajstić information content (AvgIpc) is 2.44. The molecule has 0 fully saturated rings. The predicted molar refractivity (Wildman–Crippen MR) is 80.2 cm³/mol. The minimum Gasteiger partial charge on any atom is -0.478 e. The summed E-state index contributed by atoms with van der Waals surface area (Å²) in [5.41, 5.74) is 0.426. The highest BCUT2D eigenvalue weighted by Crippen LogP contribution is 2.19. The Balaban J connectivity index is 3.09. The zero-order chi connectivity index (χ0) is 16.0. The molecule has 1 heterocycles. The van der Waals surface area contributed by atoms with Crippen LogP contribution in [0.5, 0.6) is 0 Å². The van der Waals surface area contributed by atoms with Gasteiger partial charge in [-0.3, -0.25) is 4.98 Å². The van der Waals surface area contributed by atoms with Gasteiger partial charge in [0.1, 0.15) is 4.90 Å². The molecule has 1 rings (SSSR count). The van der Waals surface area contributed by atoms with Crippen molar-refractivity contribution < 1.29 is 18.3 Å². The monoisotopic (exact) mass is 312 g/mol. The standard InChI is InChI=1S/C14H20N2O4S/c1-4-5-11(2)16(3)21(19,20)13-8-12(9-15-10-13)6-7-14(17)18/h6-11H,4-5H2,1-3H3,(H,17,18). The second kappa shape index (κ2) is 7.33. The molecule has 1 atom stereocenters. The van der Waals surface area contributed by atoms with Crippen molar-refractivity contribution in [1.82, 2.24) is 9.29 Å². The van der Waals surface area contributed by atoms with Gasteiger partial charge in [0.2, 0.25) is 10.0 Å². The van der Waals surface area contributed by atoms with Crippen LogP contribution in [0.4, 0.5) is 0 Å². The number of hydrogen-bond donors (Lipinski definition) is 1. The first-order valence-electron chi connectivity index (χ1n) is 6.63. The molecule has 1 aromatic heterocycles. The van der Waals surface area contributed by atoms with Gasteiger partial charge in [0.15, 0.2) is 0 Å². The number of pyridine rings is 1. The van der Waals surface area contributed by atoms with Gasteiger partial charge < -0.3 is 5.11 Å². The quantitative estimate of drug-likeness (QED) is 0.778. The highest BCUT2D eigenvalue weighted by Gasteiger charge is 2.25. The van der Waals surface area contributed by atoms with E-state index in [9.17, 15) is 13.2 Å². The van der Waals surface area contributed by atoms with Crippen LogP contribution in [-0.2, 0) is 14.8 Å². The lowest BCUT2D eigenvalue weighted by molar-refractivity contribution is -0.131. The number of hydrogen-bond acceptors (Lipinski definition) is 4. The van der Waals surface area contributed by atoms with E-state index in [0.717, 1.165) is 18.9 Å². The summed E-state index contributed by atoms with van der Waals surface area (Å²) in [6, 6.07) is 1.30. The fraction of sp³-hybridized carbons (Fsp3) is 0.429. The summed E-state index contributed by atoms with van der Waals surface area (Å²) in [4.78, 5) is 14.4. The zero-order valence-corrected chi connectivity index (χ0v) is 13.2. The Kier molecular flexibility index (Phi) is 6.04. The van der Waals surface area contributed by atoms with Gasteiger partial charge in [-0.25, -0.2) is 13.2 Å². The van der Waals surface area contributed by atoms with Gasteiger partial charge in [-0.15, -0.1) is 0 Å². The molecule has 0 aromatic carbocycles. The van der Waals surface area contributed by atoms with Crippen LogP contribution in [-0.4, -0.2) is 41.9 Å². The van der Waals surface area contributed by atoms with E-state index in [1.807, 2.05) is 13.8 Å². The first-order chi connectivity index (χ1) is 9.78. The average molecular weight is 312 g/mol. The Morgan fingerprint density at radius 3 is 2.71 bits per heavy atom. The maximum atomic E-state index is 12.5. The van der Waals surface area contributed by atoms with Crippen molar-refractivity contribution in [2.24, 2.45) is 0 Å². The SMILES string of the molecule is CCCC(C)N(C)S(=O)(=O)c1cncc(C=CC(=O)O)c1. The van der Waals surface area contributed by atoms with E-state index in [-0.39, 0.29) is 10.9 Å². The topological polar surface area (TPSA) is 87.6 Å². The highest BCUT2D eigenvalue weighted by atomic mass is 32.2. The Morgan fingerprint density at radius 1 is 1.48 bits per heavy atom. The van der Waals surface area contributed by atoms with Crippen molar-refractivity contribution in [1.29, 1.82) is 0 Å². The van der Waals surface area contributed by atoms with E-state index in [1.54, 1.807) is 0 Å². The minimum atomic E-state index is -3.63. The third-order valence-corrected chi connectivity index (χ3v) is 5.09. The lowest BCUT2D eigenvalue weighted by atomic mass is 10.2. The number of nitrogens with zero attached hydrogens (tertiary/aromatic N) is 2. The fourth-order valence-corrected chi connectivity index (χ4v) is 3.23. The maximum Gasteiger partial charge on any atom is 0.328 e. The summed E-state index contributed by atoms with van der Waals surface area (Å²) in [6.07, 6.45) is 6.58. The molecule has 0 bridgehead atoms. The van der Waals surface area contributed by atoms with Gasteiger partial charge in [0.05, 0.1) is 0 Å². The number of rotatable bonds is 7. The summed E-state index contributed by atoms with van der Waals surface area (Å²) in [7, 11) is -2.09. The molecule has 21 heavy (non-hydrogen) atoms. The molecule has 0 saturated carbocycles. The van der Waals surface area contributed by atoms with Crippen LogP contribution in [0.25, 0.3) is 6.08 Å². The molecule has 7 heteroatoms. The molecular formula is C14H20N2O4S. The van der Waals surface area contributed by atoms with Crippen molar-refractivity contribution in [2.45, 2.75) is 37.6 Å². The van der Waals surface area contributed by atoms with Crippen molar-refractivity contribution in [3.8, 4) is 0 Å².